The number of furan rings is 1. The van der Waals surface area contributed by atoms with Gasteiger partial charge >= 0.3 is 0 Å². The van der Waals surface area contributed by atoms with Crippen LogP contribution < -0.4 is 10.4 Å². The zero-order valence-electron chi connectivity index (χ0n) is 10.2. The van der Waals surface area contributed by atoms with Gasteiger partial charge in [0.05, 0.1) is 12.0 Å². The van der Waals surface area contributed by atoms with Gasteiger partial charge < -0.3 is 4.42 Å². The summed E-state index contributed by atoms with van der Waals surface area (Å²) >= 11 is 3.32. The minimum Gasteiger partial charge on any atom is -0.465 e. The van der Waals surface area contributed by atoms with Crippen molar-refractivity contribution in [3.8, 4) is 0 Å². The van der Waals surface area contributed by atoms with Crippen LogP contribution in [-0.4, -0.2) is 11.8 Å². The molecule has 1 saturated heterocycles. The fourth-order valence-corrected chi connectivity index (χ4v) is 2.11. The lowest BCUT2D eigenvalue weighted by atomic mass is 10.2. The molecule has 1 fully saturated rings. The first-order valence-electron chi connectivity index (χ1n) is 5.81. The number of hydrazine groups is 1. The Labute approximate surface area is 123 Å². The number of benzene rings is 1. The Kier molecular flexibility index (Phi) is 3.15. The molecule has 5 nitrogen and oxygen atoms in total. The molecule has 1 aliphatic heterocycles. The number of amides is 2. The highest BCUT2D eigenvalue weighted by Crippen LogP contribution is 2.23. The third kappa shape index (κ3) is 2.25. The van der Waals surface area contributed by atoms with Gasteiger partial charge in [-0.2, -0.15) is 0 Å². The maximum atomic E-state index is 12.2. The summed E-state index contributed by atoms with van der Waals surface area (Å²) in [6, 6.07) is 10.4. The third-order valence-electron chi connectivity index (χ3n) is 2.81. The van der Waals surface area contributed by atoms with Crippen molar-refractivity contribution in [1.29, 1.82) is 0 Å². The maximum Gasteiger partial charge on any atom is 0.282 e. The summed E-state index contributed by atoms with van der Waals surface area (Å²) in [5, 5.41) is 1.21. The van der Waals surface area contributed by atoms with Gasteiger partial charge in [0.1, 0.15) is 11.3 Å². The number of anilines is 1. The summed E-state index contributed by atoms with van der Waals surface area (Å²) in [4.78, 5) is 24.1. The fraction of sp³-hybridized carbons (Fsp3) is 0. The highest BCUT2D eigenvalue weighted by atomic mass is 79.9. The molecule has 1 aromatic heterocycles. The summed E-state index contributed by atoms with van der Waals surface area (Å²) in [5.41, 5.74) is 3.16. The fourth-order valence-electron chi connectivity index (χ4n) is 1.85. The number of rotatable bonds is 2. The first-order chi connectivity index (χ1) is 9.65. The maximum absolute atomic E-state index is 12.2. The van der Waals surface area contributed by atoms with Crippen molar-refractivity contribution in [2.24, 2.45) is 0 Å². The van der Waals surface area contributed by atoms with Crippen LogP contribution in [0.5, 0.6) is 0 Å². The smallest absolute Gasteiger partial charge is 0.282 e. The standard InChI is InChI=1S/C14H9BrN2O3/c15-9-3-5-10(6-4-9)17-14(19)12(13(18)16-17)8-11-2-1-7-20-11/h1-8H,(H,16,18)/b12-8-. The van der Waals surface area contributed by atoms with Crippen LogP contribution in [0.1, 0.15) is 5.76 Å². The van der Waals surface area contributed by atoms with E-state index in [0.29, 0.717) is 11.4 Å². The van der Waals surface area contributed by atoms with Crippen LogP contribution in [0.3, 0.4) is 0 Å². The van der Waals surface area contributed by atoms with Gasteiger partial charge in [-0.25, -0.2) is 5.01 Å². The Balaban J connectivity index is 1.92. The summed E-state index contributed by atoms with van der Waals surface area (Å²) in [5.74, 6) is -0.399. The molecule has 1 N–H and O–H groups in total. The second-order valence-corrected chi connectivity index (χ2v) is 5.05. The molecule has 3 rings (SSSR count). The van der Waals surface area contributed by atoms with Crippen molar-refractivity contribution in [2.75, 3.05) is 5.01 Å². The molecule has 0 radical (unpaired) electrons. The van der Waals surface area contributed by atoms with Crippen LogP contribution in [0.2, 0.25) is 0 Å². The Bertz CT molecular complexity index is 690. The van der Waals surface area contributed by atoms with Gasteiger partial charge in [-0.05, 0) is 42.5 Å². The average Bonchev–Trinajstić information content (AvgIpc) is 3.04. The van der Waals surface area contributed by atoms with Crippen molar-refractivity contribution in [1.82, 2.24) is 5.43 Å². The summed E-state index contributed by atoms with van der Waals surface area (Å²) in [7, 11) is 0. The first kappa shape index (κ1) is 12.7. The number of halogens is 1. The van der Waals surface area contributed by atoms with E-state index in [2.05, 4.69) is 21.4 Å². The molecule has 2 aromatic rings. The van der Waals surface area contributed by atoms with Gasteiger partial charge in [0.25, 0.3) is 11.8 Å². The summed E-state index contributed by atoms with van der Waals surface area (Å²) in [6.45, 7) is 0. The molecular weight excluding hydrogens is 324 g/mol. The molecule has 0 saturated carbocycles. The molecule has 6 heteroatoms. The van der Waals surface area contributed by atoms with Gasteiger partial charge in [-0.15, -0.1) is 0 Å². The Morgan fingerprint density at radius 3 is 2.55 bits per heavy atom. The van der Waals surface area contributed by atoms with Crippen LogP contribution >= 0.6 is 15.9 Å². The number of hydrogen-bond donors (Lipinski definition) is 1. The normalized spacial score (nSPS) is 16.9. The lowest BCUT2D eigenvalue weighted by Crippen LogP contribution is -2.35. The molecule has 0 atom stereocenters. The molecule has 1 aromatic carbocycles. The van der Waals surface area contributed by atoms with E-state index in [4.69, 9.17) is 4.42 Å². The molecule has 0 aliphatic carbocycles. The van der Waals surface area contributed by atoms with Crippen molar-refractivity contribution in [3.63, 3.8) is 0 Å². The molecule has 20 heavy (non-hydrogen) atoms. The largest absolute Gasteiger partial charge is 0.465 e. The quantitative estimate of drug-likeness (QED) is 0.678. The van der Waals surface area contributed by atoms with E-state index >= 15 is 0 Å². The monoisotopic (exact) mass is 332 g/mol. The molecule has 0 unspecified atom stereocenters. The summed E-state index contributed by atoms with van der Waals surface area (Å²) < 4.78 is 6.01. The third-order valence-corrected chi connectivity index (χ3v) is 3.33. The van der Waals surface area contributed by atoms with Crippen LogP contribution in [0.4, 0.5) is 5.69 Å². The minimum atomic E-state index is -0.450. The predicted molar refractivity (Wildman–Crippen MR) is 76.5 cm³/mol. The van der Waals surface area contributed by atoms with E-state index in [0.717, 1.165) is 4.47 Å². The summed E-state index contributed by atoms with van der Waals surface area (Å²) in [6.07, 6.45) is 2.91. The predicted octanol–water partition coefficient (Wildman–Crippen LogP) is 2.50. The van der Waals surface area contributed by atoms with Crippen LogP contribution in [0, 0.1) is 0 Å². The van der Waals surface area contributed by atoms with Crippen LogP contribution in [-0.2, 0) is 9.59 Å². The Morgan fingerprint density at radius 2 is 1.90 bits per heavy atom. The molecule has 100 valence electrons. The van der Waals surface area contributed by atoms with Crippen molar-refractivity contribution < 1.29 is 14.0 Å². The zero-order valence-corrected chi connectivity index (χ0v) is 11.8. The SMILES string of the molecule is O=C1NN(c2ccc(Br)cc2)C(=O)/C1=C\c1ccco1. The van der Waals surface area contributed by atoms with E-state index in [1.165, 1.54) is 17.3 Å². The highest BCUT2D eigenvalue weighted by molar-refractivity contribution is 9.10. The number of nitrogens with one attached hydrogen (secondary N) is 1. The molecule has 0 spiro atoms. The van der Waals surface area contributed by atoms with Crippen molar-refractivity contribution >= 4 is 39.5 Å². The van der Waals surface area contributed by atoms with E-state index in [9.17, 15) is 9.59 Å². The highest BCUT2D eigenvalue weighted by Gasteiger charge is 2.34. The molecule has 2 amide bonds. The van der Waals surface area contributed by atoms with Gasteiger partial charge in [0.2, 0.25) is 0 Å². The average molecular weight is 333 g/mol. The lowest BCUT2D eigenvalue weighted by Gasteiger charge is -2.14. The molecule has 1 aliphatic rings. The zero-order chi connectivity index (χ0) is 14.1. The van der Waals surface area contributed by atoms with E-state index in [-0.39, 0.29) is 5.57 Å². The Morgan fingerprint density at radius 1 is 1.15 bits per heavy atom. The topological polar surface area (TPSA) is 62.6 Å². The van der Waals surface area contributed by atoms with Crippen LogP contribution in [0.15, 0.2) is 57.1 Å². The lowest BCUT2D eigenvalue weighted by molar-refractivity contribution is -0.117. The second kappa shape index (κ2) is 4.97. The number of hydrogen-bond acceptors (Lipinski definition) is 3. The first-order valence-corrected chi connectivity index (χ1v) is 6.60. The van der Waals surface area contributed by atoms with Gasteiger partial charge in [-0.1, -0.05) is 15.9 Å². The Hall–Kier alpha value is -2.34. The molecule has 2 heterocycles. The van der Waals surface area contributed by atoms with Gasteiger partial charge in [0, 0.05) is 4.47 Å². The van der Waals surface area contributed by atoms with E-state index in [1.807, 2.05) is 0 Å². The van der Waals surface area contributed by atoms with E-state index < -0.39 is 11.8 Å². The minimum absolute atomic E-state index is 0.0443. The van der Waals surface area contributed by atoms with Crippen molar-refractivity contribution in [3.05, 3.63) is 58.5 Å². The van der Waals surface area contributed by atoms with Gasteiger partial charge in [0.15, 0.2) is 0 Å². The van der Waals surface area contributed by atoms with Crippen LogP contribution in [0.25, 0.3) is 6.08 Å². The van der Waals surface area contributed by atoms with E-state index in [1.54, 1.807) is 36.4 Å². The molecule has 0 bridgehead atoms. The number of carbonyl (C=O) groups is 2. The van der Waals surface area contributed by atoms with Crippen molar-refractivity contribution in [2.45, 2.75) is 0 Å². The number of carbonyl (C=O) groups excluding carboxylic acids is 2. The second-order valence-electron chi connectivity index (χ2n) is 4.13. The molecular formula is C14H9BrN2O3. The number of nitrogens with zero attached hydrogens (tertiary/aromatic N) is 1. The van der Waals surface area contributed by atoms with Gasteiger partial charge in [-0.3, -0.25) is 15.0 Å².